The zero-order valence-corrected chi connectivity index (χ0v) is 18.6. The van der Waals surface area contributed by atoms with Crippen LogP contribution in [0.15, 0.2) is 52.4 Å². The maximum Gasteiger partial charge on any atom is 0.266 e. The number of carbonyl (C=O) groups is 1. The van der Waals surface area contributed by atoms with Crippen LogP contribution in [0.25, 0.3) is 6.08 Å². The zero-order chi connectivity index (χ0) is 21.9. The van der Waals surface area contributed by atoms with Crippen molar-refractivity contribution in [3.8, 4) is 11.5 Å². The Kier molecular flexibility index (Phi) is 6.17. The van der Waals surface area contributed by atoms with Crippen LogP contribution in [0.2, 0.25) is 0 Å². The molecule has 2 aromatic carbocycles. The molecule has 7 heteroatoms. The van der Waals surface area contributed by atoms with Gasteiger partial charge in [0.1, 0.15) is 19.0 Å². The summed E-state index contributed by atoms with van der Waals surface area (Å²) in [6.45, 7) is 1.48. The average molecular weight is 453 g/mol. The van der Waals surface area contributed by atoms with Gasteiger partial charge >= 0.3 is 0 Å². The van der Waals surface area contributed by atoms with Crippen LogP contribution in [0, 0.1) is 5.82 Å². The van der Waals surface area contributed by atoms with Crippen molar-refractivity contribution in [1.82, 2.24) is 4.90 Å². The molecule has 3 aliphatic rings. The molecule has 2 heterocycles. The standard InChI is InChI=1S/C25H25FN2O3S/c26-19-9-6-17(7-10-19)16-27-25-28(20-4-2-1-3-5-20)24(29)23(32-25)15-18-8-11-21-22(14-18)31-13-12-30-21/h6-11,14-15,20H,1-5,12-13,16H2/b23-15-,27-25-. The summed E-state index contributed by atoms with van der Waals surface area (Å²) in [7, 11) is 0. The van der Waals surface area contributed by atoms with Gasteiger partial charge in [-0.25, -0.2) is 4.39 Å². The van der Waals surface area contributed by atoms with Crippen molar-refractivity contribution in [2.75, 3.05) is 13.2 Å². The first-order valence-corrected chi connectivity index (χ1v) is 11.9. The monoisotopic (exact) mass is 452 g/mol. The third-order valence-electron chi connectivity index (χ3n) is 5.95. The third kappa shape index (κ3) is 4.53. The number of thioether (sulfide) groups is 1. The smallest absolute Gasteiger partial charge is 0.266 e. The second kappa shape index (κ2) is 9.36. The number of amidine groups is 1. The highest BCUT2D eigenvalue weighted by Crippen LogP contribution is 2.39. The molecule has 1 aliphatic carbocycles. The van der Waals surface area contributed by atoms with Gasteiger partial charge in [0.05, 0.1) is 11.4 Å². The molecule has 1 amide bonds. The van der Waals surface area contributed by atoms with Gasteiger partial charge in [0.2, 0.25) is 0 Å². The van der Waals surface area contributed by atoms with Crippen LogP contribution in [0.1, 0.15) is 43.2 Å². The lowest BCUT2D eigenvalue weighted by Gasteiger charge is -2.30. The van der Waals surface area contributed by atoms with Gasteiger partial charge in [0, 0.05) is 6.04 Å². The van der Waals surface area contributed by atoms with Crippen LogP contribution in [0.3, 0.4) is 0 Å². The molecular weight excluding hydrogens is 427 g/mol. The number of nitrogens with zero attached hydrogens (tertiary/aromatic N) is 2. The van der Waals surface area contributed by atoms with E-state index < -0.39 is 0 Å². The summed E-state index contributed by atoms with van der Waals surface area (Å²) >= 11 is 1.42. The Labute approximate surface area is 191 Å². The fourth-order valence-corrected chi connectivity index (χ4v) is 5.34. The lowest BCUT2D eigenvalue weighted by molar-refractivity contribution is -0.124. The van der Waals surface area contributed by atoms with E-state index in [1.807, 2.05) is 29.2 Å². The van der Waals surface area contributed by atoms with Gasteiger partial charge in [0.15, 0.2) is 16.7 Å². The van der Waals surface area contributed by atoms with E-state index in [-0.39, 0.29) is 17.8 Å². The normalized spacial score (nSPS) is 21.5. The largest absolute Gasteiger partial charge is 0.486 e. The lowest BCUT2D eigenvalue weighted by Crippen LogP contribution is -2.40. The van der Waals surface area contributed by atoms with E-state index >= 15 is 0 Å². The van der Waals surface area contributed by atoms with E-state index in [1.54, 1.807) is 12.1 Å². The van der Waals surface area contributed by atoms with Crippen molar-refractivity contribution < 1.29 is 18.7 Å². The van der Waals surface area contributed by atoms with E-state index in [0.29, 0.717) is 30.4 Å². The minimum Gasteiger partial charge on any atom is -0.486 e. The average Bonchev–Trinajstić information content (AvgIpc) is 3.14. The molecule has 0 radical (unpaired) electrons. The SMILES string of the molecule is O=C1/C(=C/c2ccc3c(c2)OCCO3)S/C(=N\Cc2ccc(F)cc2)N1C1CCCCC1. The van der Waals surface area contributed by atoms with Gasteiger partial charge in [0.25, 0.3) is 5.91 Å². The fourth-order valence-electron chi connectivity index (χ4n) is 4.31. The minimum atomic E-state index is -0.264. The van der Waals surface area contributed by atoms with Crippen molar-refractivity contribution in [1.29, 1.82) is 0 Å². The molecule has 0 aromatic heterocycles. The zero-order valence-electron chi connectivity index (χ0n) is 17.8. The molecule has 0 unspecified atom stereocenters. The van der Waals surface area contributed by atoms with Crippen molar-refractivity contribution in [2.45, 2.75) is 44.7 Å². The maximum atomic E-state index is 13.4. The molecule has 5 nitrogen and oxygen atoms in total. The summed E-state index contributed by atoms with van der Waals surface area (Å²) in [5.41, 5.74) is 1.81. The third-order valence-corrected chi connectivity index (χ3v) is 6.97. The minimum absolute atomic E-state index is 0.00893. The van der Waals surface area contributed by atoms with Crippen LogP contribution in [0.4, 0.5) is 4.39 Å². The van der Waals surface area contributed by atoms with Crippen molar-refractivity contribution >= 4 is 28.9 Å². The number of carbonyl (C=O) groups excluding carboxylic acids is 1. The first-order valence-electron chi connectivity index (χ1n) is 11.1. The molecule has 2 aromatic rings. The molecule has 1 saturated heterocycles. The van der Waals surface area contributed by atoms with Gasteiger partial charge in [-0.15, -0.1) is 0 Å². The number of rotatable bonds is 4. The number of aliphatic imine (C=N–C) groups is 1. The second-order valence-corrected chi connectivity index (χ2v) is 9.22. The topological polar surface area (TPSA) is 51.1 Å². The van der Waals surface area contributed by atoms with Gasteiger partial charge in [-0.1, -0.05) is 37.5 Å². The summed E-state index contributed by atoms with van der Waals surface area (Å²) in [4.78, 5) is 20.7. The Morgan fingerprint density at radius 1 is 1.03 bits per heavy atom. The summed E-state index contributed by atoms with van der Waals surface area (Å²) in [5.74, 6) is 1.18. The van der Waals surface area contributed by atoms with Gasteiger partial charge in [-0.3, -0.25) is 14.7 Å². The summed E-state index contributed by atoms with van der Waals surface area (Å²) in [6.07, 6.45) is 7.38. The number of hydrogen-bond donors (Lipinski definition) is 0. The highest BCUT2D eigenvalue weighted by Gasteiger charge is 2.38. The second-order valence-electron chi connectivity index (χ2n) is 8.21. The van der Waals surface area contributed by atoms with Crippen molar-refractivity contribution in [3.63, 3.8) is 0 Å². The summed E-state index contributed by atoms with van der Waals surface area (Å²) < 4.78 is 24.5. The Balaban J connectivity index is 1.42. The molecule has 0 atom stereocenters. The number of amides is 1. The lowest BCUT2D eigenvalue weighted by atomic mass is 9.94. The molecule has 166 valence electrons. The van der Waals surface area contributed by atoms with Crippen LogP contribution in [-0.2, 0) is 11.3 Å². The van der Waals surface area contributed by atoms with E-state index in [4.69, 9.17) is 14.5 Å². The first kappa shape index (κ1) is 21.1. The Bertz CT molecular complexity index is 1060. The van der Waals surface area contributed by atoms with Gasteiger partial charge in [-0.05, 0) is 66.1 Å². The fraction of sp³-hybridized carbons (Fsp3) is 0.360. The van der Waals surface area contributed by atoms with E-state index in [2.05, 4.69) is 0 Å². The van der Waals surface area contributed by atoms with E-state index in [0.717, 1.165) is 47.7 Å². The molecular formula is C25H25FN2O3S. The number of benzene rings is 2. The predicted octanol–water partition coefficient (Wildman–Crippen LogP) is 5.40. The van der Waals surface area contributed by atoms with Gasteiger partial charge in [-0.2, -0.15) is 0 Å². The van der Waals surface area contributed by atoms with Crippen LogP contribution in [-0.4, -0.2) is 35.2 Å². The number of hydrogen-bond acceptors (Lipinski definition) is 5. The Morgan fingerprint density at radius 2 is 1.78 bits per heavy atom. The summed E-state index contributed by atoms with van der Waals surface area (Å²) in [5, 5.41) is 0.731. The van der Waals surface area contributed by atoms with E-state index in [9.17, 15) is 9.18 Å². The Hall–Kier alpha value is -2.80. The molecule has 2 aliphatic heterocycles. The predicted molar refractivity (Wildman–Crippen MR) is 124 cm³/mol. The van der Waals surface area contributed by atoms with Crippen LogP contribution >= 0.6 is 11.8 Å². The van der Waals surface area contributed by atoms with Crippen molar-refractivity contribution in [3.05, 3.63) is 64.3 Å². The maximum absolute atomic E-state index is 13.4. The number of halogens is 1. The molecule has 0 bridgehead atoms. The molecule has 0 spiro atoms. The first-order chi connectivity index (χ1) is 15.7. The van der Waals surface area contributed by atoms with Gasteiger partial charge < -0.3 is 9.47 Å². The highest BCUT2D eigenvalue weighted by molar-refractivity contribution is 8.18. The quantitative estimate of drug-likeness (QED) is 0.583. The number of fused-ring (bicyclic) bond motifs is 1. The highest BCUT2D eigenvalue weighted by atomic mass is 32.2. The molecule has 32 heavy (non-hydrogen) atoms. The molecule has 5 rings (SSSR count). The van der Waals surface area contributed by atoms with Crippen molar-refractivity contribution in [2.24, 2.45) is 4.99 Å². The molecule has 2 fully saturated rings. The summed E-state index contributed by atoms with van der Waals surface area (Å²) in [6, 6.07) is 12.3. The molecule has 0 N–H and O–H groups in total. The number of ether oxygens (including phenoxy) is 2. The Morgan fingerprint density at radius 3 is 2.56 bits per heavy atom. The van der Waals surface area contributed by atoms with Crippen LogP contribution < -0.4 is 9.47 Å². The van der Waals surface area contributed by atoms with E-state index in [1.165, 1.54) is 30.3 Å². The molecule has 1 saturated carbocycles. The van der Waals surface area contributed by atoms with Crippen LogP contribution in [0.5, 0.6) is 11.5 Å².